The molecule has 7 nitrogen and oxygen atoms in total. The zero-order valence-corrected chi connectivity index (χ0v) is 13.3. The highest BCUT2D eigenvalue weighted by atomic mass is 16.2. The van der Waals surface area contributed by atoms with Crippen molar-refractivity contribution in [1.82, 2.24) is 20.1 Å². The average molecular weight is 315 g/mol. The van der Waals surface area contributed by atoms with Gasteiger partial charge in [0, 0.05) is 24.7 Å². The third-order valence-electron chi connectivity index (χ3n) is 4.35. The number of aromatic nitrogens is 3. The van der Waals surface area contributed by atoms with Crippen molar-refractivity contribution in [1.29, 1.82) is 0 Å². The number of urea groups is 1. The minimum absolute atomic E-state index is 0.0302. The molecule has 0 spiro atoms. The van der Waals surface area contributed by atoms with Gasteiger partial charge in [-0.1, -0.05) is 6.07 Å². The first-order valence-corrected chi connectivity index (χ1v) is 7.82. The van der Waals surface area contributed by atoms with Gasteiger partial charge in [0.25, 0.3) is 0 Å². The number of carbonyl (C=O) groups is 1. The van der Waals surface area contributed by atoms with Crippen molar-refractivity contribution in [2.75, 3.05) is 5.32 Å². The van der Waals surface area contributed by atoms with E-state index in [-0.39, 0.29) is 17.8 Å². The molecular weight excluding hydrogens is 294 g/mol. The molecule has 3 N–H and O–H groups in total. The predicted molar refractivity (Wildman–Crippen MR) is 87.6 cm³/mol. The van der Waals surface area contributed by atoms with Crippen LogP contribution in [-0.4, -0.2) is 26.8 Å². The fourth-order valence-corrected chi connectivity index (χ4v) is 2.82. The van der Waals surface area contributed by atoms with Crippen LogP contribution < -0.4 is 16.3 Å². The molecule has 1 aliphatic heterocycles. The van der Waals surface area contributed by atoms with Crippen LogP contribution in [0.4, 0.5) is 10.5 Å². The Balaban J connectivity index is 1.58. The molecule has 7 heteroatoms. The first-order chi connectivity index (χ1) is 11.0. The van der Waals surface area contributed by atoms with E-state index in [2.05, 4.69) is 20.8 Å². The van der Waals surface area contributed by atoms with Gasteiger partial charge >= 0.3 is 11.7 Å². The van der Waals surface area contributed by atoms with E-state index in [4.69, 9.17) is 0 Å². The fourth-order valence-electron chi connectivity index (χ4n) is 2.82. The second-order valence-corrected chi connectivity index (χ2v) is 6.02. The van der Waals surface area contributed by atoms with Crippen molar-refractivity contribution in [3.05, 3.63) is 45.6 Å². The predicted octanol–water partition coefficient (Wildman–Crippen LogP) is 1.71. The summed E-state index contributed by atoms with van der Waals surface area (Å²) in [5.74, 6) is 0.758. The molecule has 0 radical (unpaired) electrons. The number of nitrogens with one attached hydrogen (secondary N) is 3. The smallest absolute Gasteiger partial charge is 0.335 e. The van der Waals surface area contributed by atoms with Gasteiger partial charge in [0.05, 0.1) is 0 Å². The number of rotatable bonds is 2. The van der Waals surface area contributed by atoms with E-state index >= 15 is 0 Å². The summed E-state index contributed by atoms with van der Waals surface area (Å²) < 4.78 is 1.64. The number of nitrogens with zero attached hydrogens (tertiary/aromatic N) is 2. The highest BCUT2D eigenvalue weighted by molar-refractivity contribution is 5.89. The van der Waals surface area contributed by atoms with Gasteiger partial charge in [0.1, 0.15) is 5.82 Å². The number of fused-ring (bicyclic) bond motifs is 1. The molecule has 2 heterocycles. The van der Waals surface area contributed by atoms with Gasteiger partial charge in [-0.2, -0.15) is 5.10 Å². The maximum atomic E-state index is 12.2. The first-order valence-electron chi connectivity index (χ1n) is 7.82. The van der Waals surface area contributed by atoms with Crippen LogP contribution in [0.5, 0.6) is 0 Å². The van der Waals surface area contributed by atoms with Gasteiger partial charge in [-0.3, -0.25) is 4.57 Å². The van der Waals surface area contributed by atoms with Crippen LogP contribution in [0.25, 0.3) is 0 Å². The SMILES string of the molecule is Cc1ccc(NC(=O)NC2CCc3n[nH]c(=O)n3CC2)cc1C. The van der Waals surface area contributed by atoms with Gasteiger partial charge in [-0.05, 0) is 49.9 Å². The van der Waals surface area contributed by atoms with E-state index in [0.29, 0.717) is 19.4 Å². The highest BCUT2D eigenvalue weighted by Crippen LogP contribution is 2.15. The molecule has 0 saturated heterocycles. The highest BCUT2D eigenvalue weighted by Gasteiger charge is 2.20. The van der Waals surface area contributed by atoms with E-state index in [1.807, 2.05) is 32.0 Å². The molecule has 2 amide bonds. The number of hydrogen-bond acceptors (Lipinski definition) is 3. The third kappa shape index (κ3) is 3.44. The summed E-state index contributed by atoms with van der Waals surface area (Å²) in [6.07, 6.45) is 2.16. The van der Waals surface area contributed by atoms with Gasteiger partial charge in [0.2, 0.25) is 0 Å². The number of aryl methyl sites for hydroxylation is 3. The second-order valence-electron chi connectivity index (χ2n) is 6.02. The molecule has 0 fully saturated rings. The molecule has 1 aromatic carbocycles. The van der Waals surface area contributed by atoms with Crippen LogP contribution in [0.3, 0.4) is 0 Å². The van der Waals surface area contributed by atoms with Crippen molar-refractivity contribution in [2.45, 2.75) is 45.7 Å². The average Bonchev–Trinajstić information content (AvgIpc) is 2.73. The minimum Gasteiger partial charge on any atom is -0.335 e. The van der Waals surface area contributed by atoms with E-state index in [0.717, 1.165) is 23.5 Å². The lowest BCUT2D eigenvalue weighted by Gasteiger charge is -2.17. The van der Waals surface area contributed by atoms with Crippen LogP contribution in [0, 0.1) is 13.8 Å². The number of carbonyl (C=O) groups excluding carboxylic acids is 1. The Morgan fingerprint density at radius 1 is 1.30 bits per heavy atom. The summed E-state index contributed by atoms with van der Waals surface area (Å²) in [6.45, 7) is 4.62. The van der Waals surface area contributed by atoms with Gasteiger partial charge in [-0.15, -0.1) is 0 Å². The monoisotopic (exact) mass is 315 g/mol. The van der Waals surface area contributed by atoms with Crippen LogP contribution in [0.1, 0.15) is 29.8 Å². The number of aromatic amines is 1. The molecule has 2 aromatic rings. The summed E-state index contributed by atoms with van der Waals surface area (Å²) >= 11 is 0. The van der Waals surface area contributed by atoms with Gasteiger partial charge in [0.15, 0.2) is 0 Å². The largest absolute Gasteiger partial charge is 0.343 e. The van der Waals surface area contributed by atoms with Crippen molar-refractivity contribution in [2.24, 2.45) is 0 Å². The summed E-state index contributed by atoms with van der Waals surface area (Å²) in [6, 6.07) is 5.65. The van der Waals surface area contributed by atoms with Crippen molar-refractivity contribution < 1.29 is 4.79 Å². The molecule has 1 unspecified atom stereocenters. The fraction of sp³-hybridized carbons (Fsp3) is 0.438. The lowest BCUT2D eigenvalue weighted by atomic mass is 10.1. The van der Waals surface area contributed by atoms with E-state index < -0.39 is 0 Å². The Kier molecular flexibility index (Phi) is 4.18. The van der Waals surface area contributed by atoms with Crippen LogP contribution in [0.2, 0.25) is 0 Å². The third-order valence-corrected chi connectivity index (χ3v) is 4.35. The van der Waals surface area contributed by atoms with Crippen LogP contribution in [-0.2, 0) is 13.0 Å². The van der Waals surface area contributed by atoms with Gasteiger partial charge in [-0.25, -0.2) is 14.7 Å². The Morgan fingerprint density at radius 3 is 2.91 bits per heavy atom. The number of H-pyrrole nitrogens is 1. The summed E-state index contributed by atoms with van der Waals surface area (Å²) in [5, 5.41) is 12.3. The Bertz CT molecular complexity index is 777. The van der Waals surface area contributed by atoms with Crippen molar-refractivity contribution in [3.8, 4) is 0 Å². The Morgan fingerprint density at radius 2 is 2.13 bits per heavy atom. The van der Waals surface area contributed by atoms with Crippen molar-refractivity contribution in [3.63, 3.8) is 0 Å². The maximum Gasteiger partial charge on any atom is 0.343 e. The summed E-state index contributed by atoms with van der Waals surface area (Å²) in [4.78, 5) is 23.7. The molecule has 23 heavy (non-hydrogen) atoms. The maximum absolute atomic E-state index is 12.2. The molecule has 0 saturated carbocycles. The molecular formula is C16H21N5O2. The molecule has 122 valence electrons. The van der Waals surface area contributed by atoms with Crippen molar-refractivity contribution >= 4 is 11.7 Å². The van der Waals surface area contributed by atoms with Gasteiger partial charge < -0.3 is 10.6 Å². The van der Waals surface area contributed by atoms with E-state index in [9.17, 15) is 9.59 Å². The molecule has 1 atom stereocenters. The zero-order valence-electron chi connectivity index (χ0n) is 13.3. The Labute approximate surface area is 134 Å². The molecule has 3 rings (SSSR count). The minimum atomic E-state index is -0.216. The lowest BCUT2D eigenvalue weighted by molar-refractivity contribution is 0.247. The number of benzene rings is 1. The molecule has 0 aliphatic carbocycles. The normalized spacial score (nSPS) is 17.2. The second kappa shape index (κ2) is 6.28. The zero-order chi connectivity index (χ0) is 16.4. The summed E-state index contributed by atoms with van der Waals surface area (Å²) in [5.41, 5.74) is 2.94. The molecule has 0 bridgehead atoms. The standard InChI is InChI=1S/C16H21N5O2/c1-10-3-4-13(9-11(10)2)18-15(22)17-12-5-6-14-19-20-16(23)21(14)8-7-12/h3-4,9,12H,5-8H2,1-2H3,(H,20,23)(H2,17,18,22). The lowest BCUT2D eigenvalue weighted by Crippen LogP contribution is -2.38. The Hall–Kier alpha value is -2.57. The number of anilines is 1. The number of hydrogen-bond donors (Lipinski definition) is 3. The van der Waals surface area contributed by atoms with Crippen LogP contribution in [0.15, 0.2) is 23.0 Å². The quantitative estimate of drug-likeness (QED) is 0.788. The van der Waals surface area contributed by atoms with Crippen LogP contribution >= 0.6 is 0 Å². The summed E-state index contributed by atoms with van der Waals surface area (Å²) in [7, 11) is 0. The molecule has 1 aliphatic rings. The first kappa shape index (κ1) is 15.3. The number of amides is 2. The van der Waals surface area contributed by atoms with E-state index in [1.165, 1.54) is 5.56 Å². The topological polar surface area (TPSA) is 91.8 Å². The van der Waals surface area contributed by atoms with E-state index in [1.54, 1.807) is 4.57 Å². The molecule has 1 aromatic heterocycles.